The van der Waals surface area contributed by atoms with Crippen molar-refractivity contribution in [2.24, 2.45) is 0 Å². The Morgan fingerprint density at radius 2 is 2.00 bits per heavy atom. The fourth-order valence-corrected chi connectivity index (χ4v) is 2.55. The molecule has 0 radical (unpaired) electrons. The number of hydrogen-bond acceptors (Lipinski definition) is 5. The highest BCUT2D eigenvalue weighted by Gasteiger charge is 2.11. The minimum Gasteiger partial charge on any atom is -0.493 e. The van der Waals surface area contributed by atoms with Gasteiger partial charge in [0.05, 0.1) is 23.7 Å². The molecule has 2 rings (SSSR count). The molecule has 2 aromatic carbocycles. The van der Waals surface area contributed by atoms with Crippen LogP contribution in [0.2, 0.25) is 5.02 Å². The number of ether oxygens (including phenoxy) is 2. The zero-order valence-electron chi connectivity index (χ0n) is 14.9. The van der Waals surface area contributed by atoms with Gasteiger partial charge in [-0.05, 0) is 36.3 Å². The van der Waals surface area contributed by atoms with Gasteiger partial charge in [0.15, 0.2) is 11.5 Å². The highest BCUT2D eigenvalue weighted by molar-refractivity contribution is 6.32. The number of benzene rings is 2. The Morgan fingerprint density at radius 1 is 1.30 bits per heavy atom. The van der Waals surface area contributed by atoms with Gasteiger partial charge in [-0.1, -0.05) is 23.7 Å². The molecule has 0 spiro atoms. The number of methoxy groups -OCH3 is 1. The normalized spacial score (nSPS) is 10.6. The number of carbonyl (C=O) groups is 1. The van der Waals surface area contributed by atoms with Gasteiger partial charge in [-0.3, -0.25) is 14.9 Å². The van der Waals surface area contributed by atoms with Gasteiger partial charge in [-0.15, -0.1) is 0 Å². The van der Waals surface area contributed by atoms with Gasteiger partial charge in [-0.25, -0.2) is 0 Å². The van der Waals surface area contributed by atoms with Gasteiger partial charge in [-0.2, -0.15) is 0 Å². The lowest BCUT2D eigenvalue weighted by Crippen LogP contribution is -2.20. The molecule has 7 nitrogen and oxygen atoms in total. The molecule has 0 aliphatic carbocycles. The van der Waals surface area contributed by atoms with Crippen LogP contribution in [0.1, 0.15) is 18.1 Å². The quantitative estimate of drug-likeness (QED) is 0.418. The molecule has 142 valence electrons. The van der Waals surface area contributed by atoms with Crippen molar-refractivity contribution in [3.8, 4) is 11.5 Å². The van der Waals surface area contributed by atoms with Crippen molar-refractivity contribution in [2.75, 3.05) is 13.7 Å². The third kappa shape index (κ3) is 5.72. The van der Waals surface area contributed by atoms with Crippen molar-refractivity contribution in [3.63, 3.8) is 0 Å². The standard InChI is InChI=1S/C19H19ClN2O5/c1-3-27-19-16(20)10-14(11-17(19)26-2)6-9-18(23)21-12-13-4-7-15(8-5-13)22(24)25/h4-11H,3,12H2,1-2H3,(H,21,23)/b9-6+. The number of nitro groups is 1. The summed E-state index contributed by atoms with van der Waals surface area (Å²) in [5.74, 6) is 0.633. The van der Waals surface area contributed by atoms with Crippen LogP contribution in [0.3, 0.4) is 0 Å². The molecule has 27 heavy (non-hydrogen) atoms. The van der Waals surface area contributed by atoms with E-state index in [-0.39, 0.29) is 18.1 Å². The van der Waals surface area contributed by atoms with Gasteiger partial charge in [0.2, 0.25) is 5.91 Å². The first-order chi connectivity index (χ1) is 12.9. The fourth-order valence-electron chi connectivity index (χ4n) is 2.28. The number of nitro benzene ring substituents is 1. The van der Waals surface area contributed by atoms with E-state index in [1.807, 2.05) is 6.92 Å². The fraction of sp³-hybridized carbons (Fsp3) is 0.211. The highest BCUT2D eigenvalue weighted by Crippen LogP contribution is 2.36. The number of hydrogen-bond donors (Lipinski definition) is 1. The first-order valence-electron chi connectivity index (χ1n) is 8.14. The van der Waals surface area contributed by atoms with E-state index in [1.165, 1.54) is 25.3 Å². The minimum atomic E-state index is -0.471. The molecule has 0 aliphatic heterocycles. The first-order valence-corrected chi connectivity index (χ1v) is 8.52. The number of halogens is 1. The van der Waals surface area contributed by atoms with E-state index < -0.39 is 4.92 Å². The predicted molar refractivity (Wildman–Crippen MR) is 103 cm³/mol. The summed E-state index contributed by atoms with van der Waals surface area (Å²) in [6.07, 6.45) is 2.98. The summed E-state index contributed by atoms with van der Waals surface area (Å²) in [6.45, 7) is 2.56. The SMILES string of the molecule is CCOc1c(Cl)cc(/C=C/C(=O)NCc2ccc([N+](=O)[O-])cc2)cc1OC. The van der Waals surface area contributed by atoms with Crippen molar-refractivity contribution >= 4 is 29.3 Å². The van der Waals surface area contributed by atoms with E-state index >= 15 is 0 Å². The number of carbonyl (C=O) groups excluding carboxylic acids is 1. The summed E-state index contributed by atoms with van der Waals surface area (Å²) in [6, 6.07) is 9.38. The average Bonchev–Trinajstić information content (AvgIpc) is 2.66. The highest BCUT2D eigenvalue weighted by atomic mass is 35.5. The van der Waals surface area contributed by atoms with E-state index in [4.69, 9.17) is 21.1 Å². The van der Waals surface area contributed by atoms with Crippen molar-refractivity contribution in [3.05, 3.63) is 68.7 Å². The molecule has 0 aliphatic rings. The van der Waals surface area contributed by atoms with Crippen molar-refractivity contribution in [1.82, 2.24) is 5.32 Å². The Bertz CT molecular complexity index is 850. The largest absolute Gasteiger partial charge is 0.493 e. The Labute approximate surface area is 161 Å². The summed E-state index contributed by atoms with van der Waals surface area (Å²) >= 11 is 6.20. The Morgan fingerprint density at radius 3 is 2.59 bits per heavy atom. The Kier molecular flexibility index (Phi) is 7.19. The average molecular weight is 391 g/mol. The maximum atomic E-state index is 12.0. The Balaban J connectivity index is 1.99. The van der Waals surface area contributed by atoms with Gasteiger partial charge < -0.3 is 14.8 Å². The molecule has 0 bridgehead atoms. The number of rotatable bonds is 8. The van der Waals surface area contributed by atoms with Gasteiger partial charge in [0.1, 0.15) is 0 Å². The van der Waals surface area contributed by atoms with Crippen LogP contribution in [0.25, 0.3) is 6.08 Å². The first kappa shape index (κ1) is 20.3. The van der Waals surface area contributed by atoms with Gasteiger partial charge >= 0.3 is 0 Å². The molecular weight excluding hydrogens is 372 g/mol. The molecule has 0 aromatic heterocycles. The monoisotopic (exact) mass is 390 g/mol. The zero-order valence-corrected chi connectivity index (χ0v) is 15.7. The molecule has 0 saturated heterocycles. The molecule has 0 saturated carbocycles. The van der Waals surface area contributed by atoms with Crippen LogP contribution in [0, 0.1) is 10.1 Å². The molecule has 0 unspecified atom stereocenters. The van der Waals surface area contributed by atoms with Crippen LogP contribution in [-0.2, 0) is 11.3 Å². The van der Waals surface area contributed by atoms with Crippen LogP contribution < -0.4 is 14.8 Å². The van der Waals surface area contributed by atoms with Crippen LogP contribution in [0.5, 0.6) is 11.5 Å². The second-order valence-electron chi connectivity index (χ2n) is 5.44. The van der Waals surface area contributed by atoms with Crippen molar-refractivity contribution in [1.29, 1.82) is 0 Å². The maximum Gasteiger partial charge on any atom is 0.269 e. The molecule has 1 amide bonds. The lowest BCUT2D eigenvalue weighted by atomic mass is 10.1. The summed E-state index contributed by atoms with van der Waals surface area (Å²) < 4.78 is 10.7. The third-order valence-corrected chi connectivity index (χ3v) is 3.86. The molecule has 1 N–H and O–H groups in total. The molecule has 2 aromatic rings. The third-order valence-electron chi connectivity index (χ3n) is 3.58. The summed E-state index contributed by atoms with van der Waals surface area (Å²) in [7, 11) is 1.51. The molecule has 0 fully saturated rings. The van der Waals surface area contributed by atoms with Crippen LogP contribution >= 0.6 is 11.6 Å². The summed E-state index contributed by atoms with van der Waals surface area (Å²) in [5.41, 5.74) is 1.45. The van der Waals surface area contributed by atoms with E-state index in [0.29, 0.717) is 28.7 Å². The second-order valence-corrected chi connectivity index (χ2v) is 5.85. The van der Waals surface area contributed by atoms with E-state index in [0.717, 1.165) is 5.56 Å². The Hall–Kier alpha value is -3.06. The van der Waals surface area contributed by atoms with Crippen molar-refractivity contribution < 1.29 is 19.2 Å². The number of non-ortho nitro benzene ring substituents is 1. The van der Waals surface area contributed by atoms with E-state index in [1.54, 1.807) is 30.3 Å². The minimum absolute atomic E-state index is 0.00583. The lowest BCUT2D eigenvalue weighted by Gasteiger charge is -2.11. The van der Waals surface area contributed by atoms with Crippen molar-refractivity contribution in [2.45, 2.75) is 13.5 Å². The second kappa shape index (κ2) is 9.59. The molecular formula is C19H19ClN2O5. The zero-order chi connectivity index (χ0) is 19.8. The maximum absolute atomic E-state index is 12.0. The van der Waals surface area contributed by atoms with Crippen LogP contribution in [0.15, 0.2) is 42.5 Å². The number of nitrogens with one attached hydrogen (secondary N) is 1. The lowest BCUT2D eigenvalue weighted by molar-refractivity contribution is -0.384. The van der Waals surface area contributed by atoms with E-state index in [2.05, 4.69) is 5.32 Å². The molecule has 8 heteroatoms. The molecule has 0 heterocycles. The topological polar surface area (TPSA) is 90.7 Å². The smallest absolute Gasteiger partial charge is 0.269 e. The summed E-state index contributed by atoms with van der Waals surface area (Å²) in [4.78, 5) is 22.1. The van der Waals surface area contributed by atoms with Gasteiger partial charge in [0.25, 0.3) is 5.69 Å². The number of nitrogens with zero attached hydrogens (tertiary/aromatic N) is 1. The van der Waals surface area contributed by atoms with Crippen LogP contribution in [0.4, 0.5) is 5.69 Å². The summed E-state index contributed by atoms with van der Waals surface area (Å²) in [5, 5.41) is 13.7. The number of amides is 1. The predicted octanol–water partition coefficient (Wildman–Crippen LogP) is 3.99. The van der Waals surface area contributed by atoms with Gasteiger partial charge in [0, 0.05) is 24.8 Å². The van der Waals surface area contributed by atoms with Crippen LogP contribution in [-0.4, -0.2) is 24.5 Å². The molecule has 0 atom stereocenters. The van der Waals surface area contributed by atoms with E-state index in [9.17, 15) is 14.9 Å².